The minimum absolute atomic E-state index is 0.121. The zero-order valence-corrected chi connectivity index (χ0v) is 20.2. The Bertz CT molecular complexity index is 946. The zero-order chi connectivity index (χ0) is 22.4. The molecule has 0 aromatic heterocycles. The molecule has 0 spiro atoms. The summed E-state index contributed by atoms with van der Waals surface area (Å²) in [5.74, 6) is 2.90. The third-order valence-electron chi connectivity index (χ3n) is 9.17. The molecule has 176 valence electrons. The monoisotopic (exact) mass is 444 g/mol. The van der Waals surface area contributed by atoms with Gasteiger partial charge in [-0.1, -0.05) is 50.1 Å². The predicted octanol–water partition coefficient (Wildman–Crippen LogP) is 6.35. The fourth-order valence-electron chi connectivity index (χ4n) is 8.11. The van der Waals surface area contributed by atoms with E-state index in [-0.39, 0.29) is 12.6 Å². The lowest BCUT2D eigenvalue weighted by molar-refractivity contribution is 0.0107. The molecular weight excluding hydrogens is 404 g/mol. The van der Waals surface area contributed by atoms with Gasteiger partial charge in [-0.25, -0.2) is 0 Å². The number of unbranched alkanes of at least 4 members (excludes halogenated alkanes) is 1. The van der Waals surface area contributed by atoms with Gasteiger partial charge in [-0.15, -0.1) is 0 Å². The number of aliphatic hydroxyl groups excluding tert-OH is 1. The lowest BCUT2D eigenvalue weighted by Gasteiger charge is -2.57. The molecule has 0 unspecified atom stereocenters. The molecule has 1 heterocycles. The van der Waals surface area contributed by atoms with Crippen LogP contribution in [-0.2, 0) is 13.0 Å². The molecule has 2 atom stereocenters. The average molecular weight is 445 g/mol. The van der Waals surface area contributed by atoms with E-state index in [1.54, 1.807) is 0 Å². The lowest BCUT2D eigenvalue weighted by atomic mass is 9.53. The maximum Gasteiger partial charge on any atom is 0.0681 e. The van der Waals surface area contributed by atoms with Gasteiger partial charge < -0.3 is 15.7 Å². The average Bonchev–Trinajstić information content (AvgIpc) is 2.81. The van der Waals surface area contributed by atoms with E-state index >= 15 is 0 Å². The Morgan fingerprint density at radius 2 is 1.67 bits per heavy atom. The highest BCUT2D eigenvalue weighted by Gasteiger charge is 2.50. The lowest BCUT2D eigenvalue weighted by Crippen LogP contribution is -2.54. The Morgan fingerprint density at radius 1 is 0.970 bits per heavy atom. The topological polar surface area (TPSA) is 44.3 Å². The van der Waals surface area contributed by atoms with Crippen LogP contribution in [0.2, 0.25) is 0 Å². The molecule has 0 saturated heterocycles. The Kier molecular flexibility index (Phi) is 5.74. The second-order valence-electron chi connectivity index (χ2n) is 11.8. The Balaban J connectivity index is 1.23. The Morgan fingerprint density at radius 3 is 2.30 bits per heavy atom. The maximum atomic E-state index is 9.65. The van der Waals surface area contributed by atoms with E-state index in [1.807, 2.05) is 0 Å². The van der Waals surface area contributed by atoms with Crippen LogP contribution < -0.4 is 10.6 Å². The second kappa shape index (κ2) is 8.74. The van der Waals surface area contributed by atoms with E-state index < -0.39 is 0 Å². The summed E-state index contributed by atoms with van der Waals surface area (Å²) in [5, 5.41) is 17.7. The minimum Gasteiger partial charge on any atom is -0.392 e. The van der Waals surface area contributed by atoms with E-state index in [1.165, 1.54) is 80.2 Å². The first kappa shape index (κ1) is 21.7. The number of rotatable bonds is 7. The third kappa shape index (κ3) is 4.23. The van der Waals surface area contributed by atoms with Crippen LogP contribution in [0.3, 0.4) is 0 Å². The number of aliphatic hydroxyl groups is 1. The van der Waals surface area contributed by atoms with E-state index in [0.29, 0.717) is 11.6 Å². The van der Waals surface area contributed by atoms with Gasteiger partial charge in [0, 0.05) is 17.3 Å². The molecule has 2 aromatic rings. The minimum atomic E-state index is 0.121. The van der Waals surface area contributed by atoms with Crippen LogP contribution >= 0.6 is 0 Å². The van der Waals surface area contributed by atoms with Crippen molar-refractivity contribution in [2.45, 2.75) is 95.4 Å². The molecule has 4 saturated carbocycles. The molecule has 4 fully saturated rings. The van der Waals surface area contributed by atoms with E-state index in [9.17, 15) is 5.11 Å². The summed E-state index contributed by atoms with van der Waals surface area (Å²) in [5.41, 5.74) is 6.82. The van der Waals surface area contributed by atoms with Crippen molar-refractivity contribution < 1.29 is 5.11 Å². The molecular formula is C30H40N2O. The Hall–Kier alpha value is -1.84. The largest absolute Gasteiger partial charge is 0.392 e. The highest BCUT2D eigenvalue weighted by Crippen LogP contribution is 2.56. The van der Waals surface area contributed by atoms with Crippen molar-refractivity contribution in [1.82, 2.24) is 5.32 Å². The first-order chi connectivity index (χ1) is 16.1. The first-order valence-electron chi connectivity index (χ1n) is 13.5. The fraction of sp³-hybridized carbons (Fsp3) is 0.600. The number of nitrogens with one attached hydrogen (secondary N) is 2. The zero-order valence-electron chi connectivity index (χ0n) is 20.2. The van der Waals surface area contributed by atoms with E-state index in [2.05, 4.69) is 60.0 Å². The quantitative estimate of drug-likeness (QED) is 0.466. The van der Waals surface area contributed by atoms with Gasteiger partial charge in [-0.05, 0) is 104 Å². The van der Waals surface area contributed by atoms with Gasteiger partial charge in [-0.2, -0.15) is 0 Å². The summed E-state index contributed by atoms with van der Waals surface area (Å²) in [6.45, 7) is 2.39. The fourth-order valence-corrected chi connectivity index (χ4v) is 8.11. The second-order valence-corrected chi connectivity index (χ2v) is 11.8. The molecule has 7 rings (SSSR count). The van der Waals surface area contributed by atoms with Crippen LogP contribution in [0.1, 0.15) is 93.0 Å². The van der Waals surface area contributed by atoms with Gasteiger partial charge >= 0.3 is 0 Å². The van der Waals surface area contributed by atoms with Gasteiger partial charge in [0.15, 0.2) is 0 Å². The number of hydrogen-bond donors (Lipinski definition) is 3. The number of benzene rings is 2. The first-order valence-corrected chi connectivity index (χ1v) is 13.5. The molecule has 0 amide bonds. The summed E-state index contributed by atoms with van der Waals surface area (Å²) in [4.78, 5) is 0. The third-order valence-corrected chi connectivity index (χ3v) is 9.17. The van der Waals surface area contributed by atoms with Crippen molar-refractivity contribution in [3.8, 4) is 0 Å². The molecule has 4 bridgehead atoms. The Labute approximate surface area is 199 Å². The molecule has 2 aromatic carbocycles. The highest BCUT2D eigenvalue weighted by atomic mass is 16.3. The molecule has 3 heteroatoms. The van der Waals surface area contributed by atoms with Crippen molar-refractivity contribution in [1.29, 1.82) is 0 Å². The normalized spacial score (nSPS) is 34.3. The van der Waals surface area contributed by atoms with Crippen LogP contribution in [0.5, 0.6) is 0 Å². The number of hydrogen-bond acceptors (Lipinski definition) is 3. The molecule has 0 radical (unpaired) electrons. The summed E-state index contributed by atoms with van der Waals surface area (Å²) in [6.07, 6.45) is 13.4. The van der Waals surface area contributed by atoms with Crippen molar-refractivity contribution in [3.63, 3.8) is 0 Å². The standard InChI is InChI=1S/C30H40N2O/c1-2-3-4-27-15-25-14-20(19-33)5-10-28(25)29(31-27)24-6-8-26(9-7-24)32-30-16-21-11-22(17-30)13-23(12-21)18-30/h5-10,14,21-23,27,29,31-33H,2-4,11-13,15-19H2,1H3/t21?,22?,23?,27-,29-,30?/m0/s1. The van der Waals surface area contributed by atoms with Crippen LogP contribution in [-0.4, -0.2) is 16.7 Å². The summed E-state index contributed by atoms with van der Waals surface area (Å²) in [6, 6.07) is 16.6. The van der Waals surface area contributed by atoms with E-state index in [0.717, 1.165) is 29.7 Å². The van der Waals surface area contributed by atoms with Gasteiger partial charge in [0.05, 0.1) is 12.6 Å². The maximum absolute atomic E-state index is 9.65. The van der Waals surface area contributed by atoms with Gasteiger partial charge in [0.25, 0.3) is 0 Å². The molecule has 3 N–H and O–H groups in total. The summed E-state index contributed by atoms with van der Waals surface area (Å²) < 4.78 is 0. The molecule has 3 nitrogen and oxygen atoms in total. The van der Waals surface area contributed by atoms with Crippen LogP contribution in [0.25, 0.3) is 0 Å². The van der Waals surface area contributed by atoms with Crippen LogP contribution in [0.15, 0.2) is 42.5 Å². The SMILES string of the molecule is CCCC[C@H]1Cc2cc(CO)ccc2[C@H](c2ccc(NC34CC5CC(CC(C5)C3)C4)cc2)N1. The predicted molar refractivity (Wildman–Crippen MR) is 135 cm³/mol. The number of anilines is 1. The van der Waals surface area contributed by atoms with Gasteiger partial charge in [-0.3, -0.25) is 0 Å². The van der Waals surface area contributed by atoms with Crippen molar-refractivity contribution >= 4 is 5.69 Å². The highest BCUT2D eigenvalue weighted by molar-refractivity contribution is 5.50. The molecule has 5 aliphatic rings. The van der Waals surface area contributed by atoms with E-state index in [4.69, 9.17) is 0 Å². The summed E-state index contributed by atoms with van der Waals surface area (Å²) >= 11 is 0. The molecule has 1 aliphatic heterocycles. The van der Waals surface area contributed by atoms with Gasteiger partial charge in [0.2, 0.25) is 0 Å². The van der Waals surface area contributed by atoms with Crippen molar-refractivity contribution in [2.24, 2.45) is 17.8 Å². The smallest absolute Gasteiger partial charge is 0.0681 e. The molecule has 4 aliphatic carbocycles. The van der Waals surface area contributed by atoms with Crippen LogP contribution in [0, 0.1) is 17.8 Å². The van der Waals surface area contributed by atoms with Crippen molar-refractivity contribution in [2.75, 3.05) is 5.32 Å². The summed E-state index contributed by atoms with van der Waals surface area (Å²) in [7, 11) is 0. The number of fused-ring (bicyclic) bond motifs is 1. The molecule has 33 heavy (non-hydrogen) atoms. The van der Waals surface area contributed by atoms with Crippen molar-refractivity contribution in [3.05, 3.63) is 64.7 Å². The van der Waals surface area contributed by atoms with Gasteiger partial charge in [0.1, 0.15) is 0 Å². The van der Waals surface area contributed by atoms with Crippen LogP contribution in [0.4, 0.5) is 5.69 Å².